The number of amides is 1. The average molecular weight is 337 g/mol. The van der Waals surface area contributed by atoms with E-state index in [1.807, 2.05) is 30.3 Å². The van der Waals surface area contributed by atoms with Crippen LogP contribution < -0.4 is 0 Å². The van der Waals surface area contributed by atoms with E-state index in [9.17, 15) is 4.79 Å². The largest absolute Gasteiger partial charge is 0.383 e. The molecule has 1 aromatic heterocycles. The molecule has 1 heterocycles. The minimum atomic E-state index is -0.0627. The van der Waals surface area contributed by atoms with Gasteiger partial charge in [-0.25, -0.2) is 4.98 Å². The third-order valence-electron chi connectivity index (χ3n) is 3.02. The topological polar surface area (TPSA) is 42.4 Å². The lowest BCUT2D eigenvalue weighted by Gasteiger charge is -2.21. The van der Waals surface area contributed by atoms with Gasteiger partial charge in [-0.05, 0) is 12.1 Å². The number of rotatable bonds is 6. The average Bonchev–Trinajstić information content (AvgIpc) is 2.50. The molecule has 0 fully saturated rings. The Hall–Kier alpha value is -1.46. The number of aromatic nitrogens is 1. The molecular weight excluding hydrogens is 320 g/mol. The van der Waals surface area contributed by atoms with Gasteiger partial charge in [0.1, 0.15) is 5.69 Å². The Morgan fingerprint density at radius 1 is 1.25 bits per heavy atom. The molecule has 0 saturated heterocycles. The summed E-state index contributed by atoms with van der Waals surface area (Å²) in [5, 5.41) is 1.77. The number of methoxy groups -OCH3 is 1. The molecule has 4 nitrogen and oxygen atoms in total. The van der Waals surface area contributed by atoms with Crippen LogP contribution in [0.2, 0.25) is 0 Å². The summed E-state index contributed by atoms with van der Waals surface area (Å²) in [4.78, 5) is 18.7. The summed E-state index contributed by atoms with van der Waals surface area (Å²) in [5.74, 6) is -0.0627. The third kappa shape index (κ3) is 3.55. The monoisotopic (exact) mass is 336 g/mol. The van der Waals surface area contributed by atoms with Gasteiger partial charge in [-0.1, -0.05) is 40.2 Å². The first-order valence-electron chi connectivity index (χ1n) is 6.46. The van der Waals surface area contributed by atoms with Gasteiger partial charge in [0.25, 0.3) is 5.91 Å². The van der Waals surface area contributed by atoms with Crippen LogP contribution in [-0.2, 0) is 4.74 Å². The first-order valence-corrected chi connectivity index (χ1v) is 7.58. The number of pyridine rings is 1. The van der Waals surface area contributed by atoms with Crippen LogP contribution in [0.5, 0.6) is 0 Å². The second-order valence-corrected chi connectivity index (χ2v) is 5.16. The number of carbonyl (C=O) groups excluding carboxylic acids is 1. The number of fused-ring (bicyclic) bond motifs is 1. The van der Waals surface area contributed by atoms with Gasteiger partial charge in [-0.15, -0.1) is 0 Å². The van der Waals surface area contributed by atoms with E-state index >= 15 is 0 Å². The Morgan fingerprint density at radius 3 is 2.80 bits per heavy atom. The molecule has 1 amide bonds. The first kappa shape index (κ1) is 14.9. The predicted molar refractivity (Wildman–Crippen MR) is 83.3 cm³/mol. The molecule has 0 unspecified atom stereocenters. The number of alkyl halides is 1. The van der Waals surface area contributed by atoms with Crippen molar-refractivity contribution in [3.63, 3.8) is 0 Å². The molecule has 0 bridgehead atoms. The molecule has 1 aromatic carbocycles. The molecule has 0 saturated carbocycles. The van der Waals surface area contributed by atoms with Crippen LogP contribution in [0.25, 0.3) is 10.9 Å². The number of para-hydroxylation sites is 1. The highest BCUT2D eigenvalue weighted by molar-refractivity contribution is 9.09. The van der Waals surface area contributed by atoms with Crippen molar-refractivity contribution in [2.45, 2.75) is 0 Å². The Morgan fingerprint density at radius 2 is 2.05 bits per heavy atom. The number of hydrogen-bond acceptors (Lipinski definition) is 3. The Kier molecular flexibility index (Phi) is 5.49. The van der Waals surface area contributed by atoms with E-state index < -0.39 is 0 Å². The van der Waals surface area contributed by atoms with E-state index in [0.717, 1.165) is 16.2 Å². The highest BCUT2D eigenvalue weighted by Gasteiger charge is 2.16. The Balaban J connectivity index is 2.23. The van der Waals surface area contributed by atoms with Crippen molar-refractivity contribution >= 4 is 32.7 Å². The first-order chi connectivity index (χ1) is 9.76. The van der Waals surface area contributed by atoms with Gasteiger partial charge in [0.05, 0.1) is 12.1 Å². The van der Waals surface area contributed by atoms with Gasteiger partial charge in [-0.2, -0.15) is 0 Å². The van der Waals surface area contributed by atoms with Gasteiger partial charge >= 0.3 is 0 Å². The van der Waals surface area contributed by atoms with Crippen molar-refractivity contribution in [1.82, 2.24) is 9.88 Å². The van der Waals surface area contributed by atoms with E-state index in [2.05, 4.69) is 20.9 Å². The summed E-state index contributed by atoms with van der Waals surface area (Å²) in [6, 6.07) is 11.5. The number of carbonyl (C=O) groups is 1. The molecule has 106 valence electrons. The quantitative estimate of drug-likeness (QED) is 0.761. The van der Waals surface area contributed by atoms with Gasteiger partial charge in [0, 0.05) is 30.9 Å². The van der Waals surface area contributed by atoms with Crippen LogP contribution in [0.3, 0.4) is 0 Å². The van der Waals surface area contributed by atoms with Gasteiger partial charge < -0.3 is 9.64 Å². The molecule has 0 radical (unpaired) electrons. The zero-order chi connectivity index (χ0) is 14.4. The van der Waals surface area contributed by atoms with Crippen molar-refractivity contribution in [3.05, 3.63) is 42.1 Å². The molecule has 2 aromatic rings. The fourth-order valence-corrected chi connectivity index (χ4v) is 2.39. The molecule has 0 spiro atoms. The summed E-state index contributed by atoms with van der Waals surface area (Å²) >= 11 is 3.37. The summed E-state index contributed by atoms with van der Waals surface area (Å²) < 4.78 is 5.05. The summed E-state index contributed by atoms with van der Waals surface area (Å²) in [5.41, 5.74) is 1.31. The lowest BCUT2D eigenvalue weighted by atomic mass is 10.2. The summed E-state index contributed by atoms with van der Waals surface area (Å²) in [6.45, 7) is 1.72. The van der Waals surface area contributed by atoms with Crippen LogP contribution in [0.15, 0.2) is 36.4 Å². The molecule has 5 heteroatoms. The lowest BCUT2D eigenvalue weighted by molar-refractivity contribution is 0.0703. The van der Waals surface area contributed by atoms with Crippen LogP contribution in [0.1, 0.15) is 10.5 Å². The maximum atomic E-state index is 12.5. The van der Waals surface area contributed by atoms with Crippen LogP contribution >= 0.6 is 15.9 Å². The maximum absolute atomic E-state index is 12.5. The minimum Gasteiger partial charge on any atom is -0.383 e. The van der Waals surface area contributed by atoms with Gasteiger partial charge in [0.15, 0.2) is 0 Å². The number of halogens is 1. The van der Waals surface area contributed by atoms with Crippen molar-refractivity contribution in [1.29, 1.82) is 0 Å². The molecule has 0 aliphatic heterocycles. The molecule has 0 N–H and O–H groups in total. The molecular formula is C15H17BrN2O2. The van der Waals surface area contributed by atoms with E-state index in [1.54, 1.807) is 18.1 Å². The highest BCUT2D eigenvalue weighted by Crippen LogP contribution is 2.13. The van der Waals surface area contributed by atoms with Crippen LogP contribution in [0.4, 0.5) is 0 Å². The zero-order valence-electron chi connectivity index (χ0n) is 11.4. The number of benzene rings is 1. The van der Waals surface area contributed by atoms with Gasteiger partial charge in [-0.3, -0.25) is 4.79 Å². The third-order valence-corrected chi connectivity index (χ3v) is 3.38. The minimum absolute atomic E-state index is 0.0627. The van der Waals surface area contributed by atoms with Crippen molar-refractivity contribution in [2.24, 2.45) is 0 Å². The molecule has 2 rings (SSSR count). The van der Waals surface area contributed by atoms with E-state index in [1.165, 1.54) is 0 Å². The summed E-state index contributed by atoms with van der Waals surface area (Å²) in [6.07, 6.45) is 0. The standard InChI is InChI=1S/C15H17BrN2O2/c1-20-11-10-18(9-8-16)15(19)14-7-6-12-4-2-3-5-13(12)17-14/h2-7H,8-11H2,1H3. The van der Waals surface area contributed by atoms with E-state index in [4.69, 9.17) is 4.74 Å². The number of nitrogens with zero attached hydrogens (tertiary/aromatic N) is 2. The van der Waals surface area contributed by atoms with Crippen molar-refractivity contribution < 1.29 is 9.53 Å². The van der Waals surface area contributed by atoms with Crippen LogP contribution in [-0.4, -0.2) is 47.9 Å². The van der Waals surface area contributed by atoms with Crippen molar-refractivity contribution in [3.8, 4) is 0 Å². The molecule has 20 heavy (non-hydrogen) atoms. The highest BCUT2D eigenvalue weighted by atomic mass is 79.9. The van der Waals surface area contributed by atoms with E-state index in [0.29, 0.717) is 25.4 Å². The molecule has 0 aliphatic carbocycles. The maximum Gasteiger partial charge on any atom is 0.272 e. The molecule has 0 atom stereocenters. The van der Waals surface area contributed by atoms with Crippen LogP contribution in [0, 0.1) is 0 Å². The second kappa shape index (κ2) is 7.36. The molecule has 0 aliphatic rings. The zero-order valence-corrected chi connectivity index (χ0v) is 13.0. The fourth-order valence-electron chi connectivity index (χ4n) is 1.97. The second-order valence-electron chi connectivity index (χ2n) is 4.36. The Labute approximate surface area is 126 Å². The van der Waals surface area contributed by atoms with Crippen molar-refractivity contribution in [2.75, 3.05) is 32.1 Å². The summed E-state index contributed by atoms with van der Waals surface area (Å²) in [7, 11) is 1.63. The predicted octanol–water partition coefficient (Wildman–Crippen LogP) is 2.72. The fraction of sp³-hybridized carbons (Fsp3) is 0.333. The normalized spacial score (nSPS) is 10.7. The van der Waals surface area contributed by atoms with E-state index in [-0.39, 0.29) is 5.91 Å². The number of hydrogen-bond donors (Lipinski definition) is 0. The smallest absolute Gasteiger partial charge is 0.272 e. The lowest BCUT2D eigenvalue weighted by Crippen LogP contribution is -2.35. The number of ether oxygens (including phenoxy) is 1. The SMILES string of the molecule is COCCN(CCBr)C(=O)c1ccc2ccccc2n1. The Bertz CT molecular complexity index is 589. The van der Waals surface area contributed by atoms with Gasteiger partial charge in [0.2, 0.25) is 0 Å².